The third-order valence-corrected chi connectivity index (χ3v) is 5.84. The highest BCUT2D eigenvalue weighted by atomic mass is 35.5. The van der Waals surface area contributed by atoms with Gasteiger partial charge in [-0.2, -0.15) is 5.26 Å². The summed E-state index contributed by atoms with van der Waals surface area (Å²) in [6, 6.07) is 17.0. The summed E-state index contributed by atoms with van der Waals surface area (Å²) in [6.45, 7) is 3.48. The Bertz CT molecular complexity index is 1320. The van der Waals surface area contributed by atoms with Crippen LogP contribution in [0.2, 0.25) is 15.1 Å². The Kier molecular flexibility index (Phi) is 8.78. The Morgan fingerprint density at radius 2 is 1.66 bits per heavy atom. The number of carbonyl (C=O) groups is 2. The van der Waals surface area contributed by atoms with Crippen molar-refractivity contribution in [2.75, 3.05) is 17.2 Å². The molecule has 3 rings (SSSR count). The van der Waals surface area contributed by atoms with Crippen LogP contribution in [0.3, 0.4) is 0 Å². The van der Waals surface area contributed by atoms with Crippen molar-refractivity contribution in [1.29, 1.82) is 5.26 Å². The van der Waals surface area contributed by atoms with E-state index >= 15 is 0 Å². The molecule has 2 N–H and O–H groups in total. The largest absolute Gasteiger partial charge is 0.481 e. The second kappa shape index (κ2) is 11.8. The van der Waals surface area contributed by atoms with Crippen molar-refractivity contribution in [1.82, 2.24) is 0 Å². The van der Waals surface area contributed by atoms with Crippen molar-refractivity contribution in [3.05, 3.63) is 91.9 Å². The zero-order valence-corrected chi connectivity index (χ0v) is 21.1. The number of nitrogens with one attached hydrogen (secondary N) is 2. The maximum Gasteiger partial charge on any atom is 0.266 e. The Labute approximate surface area is 218 Å². The van der Waals surface area contributed by atoms with E-state index in [-0.39, 0.29) is 28.0 Å². The van der Waals surface area contributed by atoms with Crippen LogP contribution < -0.4 is 15.4 Å². The highest BCUT2D eigenvalue weighted by molar-refractivity contribution is 6.37. The molecule has 0 aromatic heterocycles. The highest BCUT2D eigenvalue weighted by Gasteiger charge is 2.15. The molecule has 3 aromatic carbocycles. The molecule has 9 heteroatoms. The molecule has 0 aliphatic heterocycles. The molecule has 2 amide bonds. The minimum atomic E-state index is -0.562. The Hall–Kier alpha value is -3.50. The fraction of sp³-hybridized carbons (Fsp3) is 0.115. The smallest absolute Gasteiger partial charge is 0.266 e. The molecule has 6 nitrogen and oxygen atoms in total. The van der Waals surface area contributed by atoms with E-state index in [1.165, 1.54) is 18.2 Å². The van der Waals surface area contributed by atoms with E-state index < -0.39 is 11.8 Å². The predicted octanol–water partition coefficient (Wildman–Crippen LogP) is 6.83. The Balaban J connectivity index is 1.71. The Morgan fingerprint density at radius 3 is 2.29 bits per heavy atom. The SMILES string of the molecule is Cc1cccc(NC(=O)/C(C#N)=C/c2cc(Cl)c(OCC(=O)Nc3ccc(Cl)cc3)c(Cl)c2)c1C. The molecule has 0 spiro atoms. The number of hydrogen-bond donors (Lipinski definition) is 2. The van der Waals surface area contributed by atoms with Gasteiger partial charge in [0.15, 0.2) is 12.4 Å². The minimum Gasteiger partial charge on any atom is -0.481 e. The molecule has 0 aliphatic rings. The second-order valence-corrected chi connectivity index (χ2v) is 8.78. The molecule has 0 radical (unpaired) electrons. The fourth-order valence-corrected chi connectivity index (χ4v) is 3.80. The van der Waals surface area contributed by atoms with Gasteiger partial charge in [0, 0.05) is 16.4 Å². The molecule has 0 heterocycles. The molecule has 3 aromatic rings. The standard InChI is InChI=1S/C26H20Cl3N3O3/c1-15-4-3-5-23(16(15)2)32-26(34)18(13-30)10-17-11-21(28)25(22(29)12-17)35-14-24(33)31-20-8-6-19(27)7-9-20/h3-12H,14H2,1-2H3,(H,31,33)(H,32,34)/b18-10+. The number of ether oxygens (including phenoxy) is 1. The van der Waals surface area contributed by atoms with Crippen LogP contribution >= 0.6 is 34.8 Å². The monoisotopic (exact) mass is 527 g/mol. The summed E-state index contributed by atoms with van der Waals surface area (Å²) in [4.78, 5) is 24.8. The van der Waals surface area contributed by atoms with Crippen LogP contribution in [0.5, 0.6) is 5.75 Å². The van der Waals surface area contributed by atoms with E-state index in [0.29, 0.717) is 22.0 Å². The summed E-state index contributed by atoms with van der Waals surface area (Å²) in [5, 5.41) is 15.7. The zero-order chi connectivity index (χ0) is 25.5. The van der Waals surface area contributed by atoms with Crippen molar-refractivity contribution in [2.45, 2.75) is 13.8 Å². The summed E-state index contributed by atoms with van der Waals surface area (Å²) in [7, 11) is 0. The molecular formula is C26H20Cl3N3O3. The average molecular weight is 529 g/mol. The first kappa shape index (κ1) is 26.1. The van der Waals surface area contributed by atoms with Crippen molar-refractivity contribution in [3.8, 4) is 11.8 Å². The number of benzene rings is 3. The molecule has 0 unspecified atom stereocenters. The van der Waals surface area contributed by atoms with Gasteiger partial charge in [-0.1, -0.05) is 46.9 Å². The summed E-state index contributed by atoms with van der Waals surface area (Å²) >= 11 is 18.4. The summed E-state index contributed by atoms with van der Waals surface area (Å²) in [5.74, 6) is -0.874. The van der Waals surface area contributed by atoms with E-state index in [0.717, 1.165) is 11.1 Å². The van der Waals surface area contributed by atoms with Crippen LogP contribution in [0, 0.1) is 25.2 Å². The van der Waals surface area contributed by atoms with Gasteiger partial charge in [-0.05, 0) is 79.1 Å². The molecule has 0 saturated heterocycles. The van der Waals surface area contributed by atoms with Crippen LogP contribution in [-0.2, 0) is 9.59 Å². The van der Waals surface area contributed by atoms with Gasteiger partial charge in [-0.3, -0.25) is 9.59 Å². The number of carbonyl (C=O) groups excluding carboxylic acids is 2. The van der Waals surface area contributed by atoms with Crippen molar-refractivity contribution >= 4 is 64.1 Å². The number of rotatable bonds is 7. The van der Waals surface area contributed by atoms with Gasteiger partial charge in [0.05, 0.1) is 10.0 Å². The molecule has 0 saturated carbocycles. The van der Waals surface area contributed by atoms with Gasteiger partial charge in [0.1, 0.15) is 11.6 Å². The number of amides is 2. The van der Waals surface area contributed by atoms with Crippen LogP contribution in [-0.4, -0.2) is 18.4 Å². The van der Waals surface area contributed by atoms with Gasteiger partial charge in [0.2, 0.25) is 0 Å². The first-order valence-corrected chi connectivity index (χ1v) is 11.5. The number of hydrogen-bond acceptors (Lipinski definition) is 4. The molecule has 35 heavy (non-hydrogen) atoms. The molecule has 0 bridgehead atoms. The van der Waals surface area contributed by atoms with Crippen molar-refractivity contribution in [3.63, 3.8) is 0 Å². The number of nitriles is 1. The maximum atomic E-state index is 12.7. The lowest BCUT2D eigenvalue weighted by Gasteiger charge is -2.12. The summed E-state index contributed by atoms with van der Waals surface area (Å²) in [6.07, 6.45) is 1.37. The third-order valence-electron chi connectivity index (χ3n) is 5.03. The molecular weight excluding hydrogens is 509 g/mol. The lowest BCUT2D eigenvalue weighted by molar-refractivity contribution is -0.118. The third kappa shape index (κ3) is 7.00. The lowest BCUT2D eigenvalue weighted by atomic mass is 10.1. The summed E-state index contributed by atoms with van der Waals surface area (Å²) in [5.41, 5.74) is 3.39. The maximum absolute atomic E-state index is 12.7. The van der Waals surface area contributed by atoms with E-state index in [1.54, 1.807) is 30.3 Å². The normalized spacial score (nSPS) is 10.9. The number of aryl methyl sites for hydroxylation is 1. The van der Waals surface area contributed by atoms with Crippen LogP contribution in [0.1, 0.15) is 16.7 Å². The van der Waals surface area contributed by atoms with Gasteiger partial charge in [-0.15, -0.1) is 0 Å². The van der Waals surface area contributed by atoms with E-state index in [2.05, 4.69) is 10.6 Å². The Morgan fingerprint density at radius 1 is 1.00 bits per heavy atom. The predicted molar refractivity (Wildman–Crippen MR) is 140 cm³/mol. The van der Waals surface area contributed by atoms with Crippen LogP contribution in [0.15, 0.2) is 60.2 Å². The highest BCUT2D eigenvalue weighted by Crippen LogP contribution is 2.35. The topological polar surface area (TPSA) is 91.2 Å². The number of nitrogens with zero attached hydrogens (tertiary/aromatic N) is 1. The van der Waals surface area contributed by atoms with Gasteiger partial charge in [0.25, 0.3) is 11.8 Å². The molecule has 178 valence electrons. The molecule has 0 aliphatic carbocycles. The first-order valence-electron chi connectivity index (χ1n) is 10.3. The first-order chi connectivity index (χ1) is 16.7. The van der Waals surface area contributed by atoms with Gasteiger partial charge < -0.3 is 15.4 Å². The number of anilines is 2. The quantitative estimate of drug-likeness (QED) is 0.260. The van der Waals surface area contributed by atoms with Crippen molar-refractivity contribution < 1.29 is 14.3 Å². The van der Waals surface area contributed by atoms with Gasteiger partial charge in [-0.25, -0.2) is 0 Å². The lowest BCUT2D eigenvalue weighted by Crippen LogP contribution is -2.20. The van der Waals surface area contributed by atoms with Gasteiger partial charge >= 0.3 is 0 Å². The van der Waals surface area contributed by atoms with E-state index in [4.69, 9.17) is 39.5 Å². The average Bonchev–Trinajstić information content (AvgIpc) is 2.81. The van der Waals surface area contributed by atoms with E-state index in [1.807, 2.05) is 32.0 Å². The van der Waals surface area contributed by atoms with Crippen molar-refractivity contribution in [2.24, 2.45) is 0 Å². The molecule has 0 fully saturated rings. The van der Waals surface area contributed by atoms with Crippen LogP contribution in [0.25, 0.3) is 6.08 Å². The fourth-order valence-electron chi connectivity index (χ4n) is 3.06. The zero-order valence-electron chi connectivity index (χ0n) is 18.8. The van der Waals surface area contributed by atoms with E-state index in [9.17, 15) is 14.9 Å². The minimum absolute atomic E-state index is 0.107. The second-order valence-electron chi connectivity index (χ2n) is 7.53. The van der Waals surface area contributed by atoms with Crippen LogP contribution in [0.4, 0.5) is 11.4 Å². The molecule has 0 atom stereocenters. The number of halogens is 3. The summed E-state index contributed by atoms with van der Waals surface area (Å²) < 4.78 is 5.50.